The Labute approximate surface area is 99.8 Å². The van der Waals surface area contributed by atoms with Gasteiger partial charge in [-0.05, 0) is 25.2 Å². The Morgan fingerprint density at radius 1 is 1.29 bits per heavy atom. The zero-order valence-electron chi connectivity index (χ0n) is 9.76. The number of alkyl halides is 3. The summed E-state index contributed by atoms with van der Waals surface area (Å²) in [7, 11) is -3.82. The number of hydrogen-bond donors (Lipinski definition) is 1. The average Bonchev–Trinajstić information content (AvgIpc) is 2.64. The van der Waals surface area contributed by atoms with Crippen LogP contribution < -0.4 is 4.72 Å². The normalized spacial score (nSPS) is 20.7. The molecule has 0 aromatic rings. The number of hydrogen-bond acceptors (Lipinski definition) is 2. The van der Waals surface area contributed by atoms with E-state index in [1.807, 2.05) is 4.72 Å². The Kier molecular flexibility index (Phi) is 4.83. The van der Waals surface area contributed by atoms with E-state index in [2.05, 4.69) is 0 Å². The minimum atomic E-state index is -4.50. The molecule has 7 heteroatoms. The van der Waals surface area contributed by atoms with Gasteiger partial charge in [0.2, 0.25) is 10.0 Å². The van der Waals surface area contributed by atoms with Crippen LogP contribution in [-0.2, 0) is 10.0 Å². The van der Waals surface area contributed by atoms with Crippen LogP contribution in [0.5, 0.6) is 0 Å². The van der Waals surface area contributed by atoms with E-state index < -0.39 is 28.2 Å². The summed E-state index contributed by atoms with van der Waals surface area (Å²) in [6.07, 6.45) is -1.82. The summed E-state index contributed by atoms with van der Waals surface area (Å²) in [5.41, 5.74) is 0. The molecule has 3 nitrogen and oxygen atoms in total. The Hall–Kier alpha value is -0.300. The van der Waals surface area contributed by atoms with Gasteiger partial charge in [0.05, 0.1) is 5.75 Å². The minimum Gasteiger partial charge on any atom is -0.212 e. The number of halogens is 3. The fourth-order valence-corrected chi connectivity index (χ4v) is 3.61. The molecular formula is C10H18F3NO2S. The highest BCUT2D eigenvalue weighted by Crippen LogP contribution is 2.36. The molecule has 0 unspecified atom stereocenters. The van der Waals surface area contributed by atoms with E-state index in [4.69, 9.17) is 0 Å². The standard InChI is InChI=1S/C10H18F3NO2S/c1-2-7-17(15,16)14-9(10(11,12)13)8-5-3-4-6-8/h8-9,14H,2-7H2,1H3/t9-/m1/s1. The van der Waals surface area contributed by atoms with E-state index >= 15 is 0 Å². The first-order valence-electron chi connectivity index (χ1n) is 5.83. The fourth-order valence-electron chi connectivity index (χ4n) is 2.24. The van der Waals surface area contributed by atoms with Gasteiger partial charge in [-0.3, -0.25) is 0 Å². The summed E-state index contributed by atoms with van der Waals surface area (Å²) < 4.78 is 63.1. The van der Waals surface area contributed by atoms with Gasteiger partial charge in [0.25, 0.3) is 0 Å². The lowest BCUT2D eigenvalue weighted by atomic mass is 9.99. The van der Waals surface area contributed by atoms with Crippen molar-refractivity contribution in [2.45, 2.75) is 51.2 Å². The maximum atomic E-state index is 12.8. The molecule has 1 fully saturated rings. The van der Waals surface area contributed by atoms with Crippen molar-refractivity contribution in [2.75, 3.05) is 5.75 Å². The fraction of sp³-hybridized carbons (Fsp3) is 1.00. The summed E-state index contributed by atoms with van der Waals surface area (Å²) in [4.78, 5) is 0. The third-order valence-corrected chi connectivity index (χ3v) is 4.56. The van der Waals surface area contributed by atoms with E-state index in [1.54, 1.807) is 6.92 Å². The molecule has 1 aliphatic carbocycles. The van der Waals surface area contributed by atoms with Crippen LogP contribution in [0.4, 0.5) is 13.2 Å². The van der Waals surface area contributed by atoms with Gasteiger partial charge in [-0.2, -0.15) is 13.2 Å². The summed E-state index contributed by atoms with van der Waals surface area (Å²) in [6, 6.07) is -1.92. The van der Waals surface area contributed by atoms with E-state index in [0.717, 1.165) is 12.8 Å². The monoisotopic (exact) mass is 273 g/mol. The van der Waals surface area contributed by atoms with Crippen LogP contribution in [0.1, 0.15) is 39.0 Å². The molecule has 1 rings (SSSR count). The molecule has 1 saturated carbocycles. The highest BCUT2D eigenvalue weighted by atomic mass is 32.2. The predicted octanol–water partition coefficient (Wildman–Crippen LogP) is 2.44. The van der Waals surface area contributed by atoms with E-state index in [0.29, 0.717) is 19.3 Å². The largest absolute Gasteiger partial charge is 0.405 e. The Bertz CT molecular complexity index is 334. The highest BCUT2D eigenvalue weighted by molar-refractivity contribution is 7.89. The first-order chi connectivity index (χ1) is 7.76. The summed E-state index contributed by atoms with van der Waals surface area (Å²) in [5.74, 6) is -0.867. The topological polar surface area (TPSA) is 46.2 Å². The SMILES string of the molecule is CCCS(=O)(=O)N[C@H](C1CCCC1)C(F)(F)F. The van der Waals surface area contributed by atoms with Gasteiger partial charge in [0.1, 0.15) is 6.04 Å². The molecular weight excluding hydrogens is 255 g/mol. The van der Waals surface area contributed by atoms with Crippen molar-refractivity contribution in [1.82, 2.24) is 4.72 Å². The molecule has 0 saturated heterocycles. The molecule has 0 aromatic carbocycles. The van der Waals surface area contributed by atoms with Gasteiger partial charge < -0.3 is 0 Å². The number of sulfonamides is 1. The van der Waals surface area contributed by atoms with Gasteiger partial charge in [0.15, 0.2) is 0 Å². The van der Waals surface area contributed by atoms with Crippen LogP contribution in [0.3, 0.4) is 0 Å². The maximum absolute atomic E-state index is 12.8. The van der Waals surface area contributed by atoms with Gasteiger partial charge in [-0.15, -0.1) is 0 Å². The minimum absolute atomic E-state index is 0.258. The van der Waals surface area contributed by atoms with Gasteiger partial charge in [0, 0.05) is 0 Å². The first-order valence-corrected chi connectivity index (χ1v) is 7.48. The van der Waals surface area contributed by atoms with Crippen LogP contribution in [0, 0.1) is 5.92 Å². The molecule has 0 spiro atoms. The van der Waals surface area contributed by atoms with Crippen molar-refractivity contribution in [2.24, 2.45) is 5.92 Å². The van der Waals surface area contributed by atoms with Crippen LogP contribution >= 0.6 is 0 Å². The molecule has 0 aromatic heterocycles. The summed E-state index contributed by atoms with van der Waals surface area (Å²) >= 11 is 0. The van der Waals surface area contributed by atoms with Crippen molar-refractivity contribution in [3.63, 3.8) is 0 Å². The zero-order valence-corrected chi connectivity index (χ0v) is 10.6. The molecule has 1 atom stereocenters. The molecule has 0 amide bonds. The molecule has 102 valence electrons. The van der Waals surface area contributed by atoms with Crippen LogP contribution in [0.2, 0.25) is 0 Å². The first kappa shape index (κ1) is 14.8. The van der Waals surface area contributed by atoms with Crippen molar-refractivity contribution in [3.05, 3.63) is 0 Å². The van der Waals surface area contributed by atoms with Crippen molar-refractivity contribution in [3.8, 4) is 0 Å². The van der Waals surface area contributed by atoms with E-state index in [1.165, 1.54) is 0 Å². The molecule has 17 heavy (non-hydrogen) atoms. The lowest BCUT2D eigenvalue weighted by molar-refractivity contribution is -0.162. The average molecular weight is 273 g/mol. The molecule has 1 N–H and O–H groups in total. The Morgan fingerprint density at radius 3 is 2.24 bits per heavy atom. The lowest BCUT2D eigenvalue weighted by Gasteiger charge is -2.26. The zero-order chi connectivity index (χ0) is 13.1. The Morgan fingerprint density at radius 2 is 1.82 bits per heavy atom. The second-order valence-electron chi connectivity index (χ2n) is 4.50. The van der Waals surface area contributed by atoms with Gasteiger partial charge in [-0.1, -0.05) is 19.8 Å². The summed E-state index contributed by atoms with van der Waals surface area (Å²) in [6.45, 7) is 1.62. The van der Waals surface area contributed by atoms with Gasteiger partial charge >= 0.3 is 6.18 Å². The number of nitrogens with one attached hydrogen (secondary N) is 1. The molecule has 0 bridgehead atoms. The predicted molar refractivity (Wildman–Crippen MR) is 59.0 cm³/mol. The van der Waals surface area contributed by atoms with E-state index in [-0.39, 0.29) is 5.75 Å². The van der Waals surface area contributed by atoms with Crippen molar-refractivity contribution < 1.29 is 21.6 Å². The summed E-state index contributed by atoms with van der Waals surface area (Å²) in [5, 5.41) is 0. The Balaban J connectivity index is 2.77. The lowest BCUT2D eigenvalue weighted by Crippen LogP contribution is -2.50. The third-order valence-electron chi connectivity index (χ3n) is 3.00. The highest BCUT2D eigenvalue weighted by Gasteiger charge is 2.47. The van der Waals surface area contributed by atoms with Crippen LogP contribution in [0.25, 0.3) is 0 Å². The molecule has 0 radical (unpaired) electrons. The molecule has 0 aliphatic heterocycles. The van der Waals surface area contributed by atoms with Crippen molar-refractivity contribution >= 4 is 10.0 Å². The second kappa shape index (κ2) is 5.56. The second-order valence-corrected chi connectivity index (χ2v) is 6.37. The molecule has 1 aliphatic rings. The quantitative estimate of drug-likeness (QED) is 0.836. The van der Waals surface area contributed by atoms with Crippen LogP contribution in [0.15, 0.2) is 0 Å². The van der Waals surface area contributed by atoms with E-state index in [9.17, 15) is 21.6 Å². The van der Waals surface area contributed by atoms with Crippen molar-refractivity contribution in [1.29, 1.82) is 0 Å². The third kappa shape index (κ3) is 4.46. The molecule has 0 heterocycles. The maximum Gasteiger partial charge on any atom is 0.405 e. The number of rotatable bonds is 5. The van der Waals surface area contributed by atoms with Crippen LogP contribution in [-0.4, -0.2) is 26.4 Å². The van der Waals surface area contributed by atoms with Gasteiger partial charge in [-0.25, -0.2) is 13.1 Å². The smallest absolute Gasteiger partial charge is 0.212 e.